The van der Waals surface area contributed by atoms with Gasteiger partial charge in [-0.1, -0.05) is 19.9 Å². The van der Waals surface area contributed by atoms with Crippen molar-refractivity contribution in [2.24, 2.45) is 5.92 Å². The van der Waals surface area contributed by atoms with Crippen molar-refractivity contribution in [3.8, 4) is 5.75 Å². The van der Waals surface area contributed by atoms with Crippen molar-refractivity contribution < 1.29 is 14.2 Å². The summed E-state index contributed by atoms with van der Waals surface area (Å²) in [6, 6.07) is 4.89. The lowest BCUT2D eigenvalue weighted by Crippen LogP contribution is -2.19. The molecule has 3 nitrogen and oxygen atoms in total. The van der Waals surface area contributed by atoms with Crippen molar-refractivity contribution in [1.29, 1.82) is 0 Å². The number of nitrogens with one attached hydrogen (secondary N) is 1. The molecule has 0 heterocycles. The predicted molar refractivity (Wildman–Crippen MR) is 70.1 cm³/mol. The fraction of sp³-hybridized carbons (Fsp3) is 0.571. The van der Waals surface area contributed by atoms with Crippen LogP contribution < -0.4 is 10.1 Å². The molecular weight excluding hydrogens is 233 g/mol. The first-order chi connectivity index (χ1) is 8.49. The molecule has 2 N–H and O–H groups in total. The molecule has 4 heteroatoms. The van der Waals surface area contributed by atoms with Crippen LogP contribution in [0.3, 0.4) is 0 Å². The van der Waals surface area contributed by atoms with Gasteiger partial charge in [0.1, 0.15) is 6.61 Å². The van der Waals surface area contributed by atoms with E-state index < -0.39 is 6.10 Å². The largest absolute Gasteiger partial charge is 0.488 e. The zero-order valence-corrected chi connectivity index (χ0v) is 11.2. The molecule has 102 valence electrons. The highest BCUT2D eigenvalue weighted by molar-refractivity contribution is 5.29. The smallest absolute Gasteiger partial charge is 0.165 e. The number of aliphatic hydroxyl groups excluding tert-OH is 1. The Morgan fingerprint density at radius 2 is 2.06 bits per heavy atom. The number of hydrogen-bond donors (Lipinski definition) is 2. The van der Waals surface area contributed by atoms with Gasteiger partial charge in [-0.3, -0.25) is 0 Å². The molecule has 0 aliphatic carbocycles. The van der Waals surface area contributed by atoms with E-state index in [1.165, 1.54) is 6.07 Å². The molecular formula is C14H22FNO2. The van der Waals surface area contributed by atoms with Crippen LogP contribution >= 0.6 is 0 Å². The quantitative estimate of drug-likeness (QED) is 0.785. The van der Waals surface area contributed by atoms with E-state index in [9.17, 15) is 4.39 Å². The fourth-order valence-electron chi connectivity index (χ4n) is 1.49. The molecule has 18 heavy (non-hydrogen) atoms. The SMILES string of the molecule is CC(C)CNCc1ccc(OCC(C)O)c(F)c1. The first-order valence-corrected chi connectivity index (χ1v) is 6.29. The summed E-state index contributed by atoms with van der Waals surface area (Å²) in [5.74, 6) is 0.367. The van der Waals surface area contributed by atoms with Crippen molar-refractivity contribution in [1.82, 2.24) is 5.32 Å². The van der Waals surface area contributed by atoms with E-state index in [1.807, 2.05) is 6.07 Å². The van der Waals surface area contributed by atoms with Gasteiger partial charge in [-0.25, -0.2) is 4.39 Å². The highest BCUT2D eigenvalue weighted by Gasteiger charge is 2.06. The van der Waals surface area contributed by atoms with Gasteiger partial charge < -0.3 is 15.2 Å². The Balaban J connectivity index is 2.51. The zero-order valence-electron chi connectivity index (χ0n) is 11.2. The molecule has 0 spiro atoms. The number of rotatable bonds is 7. The summed E-state index contributed by atoms with van der Waals surface area (Å²) in [7, 11) is 0. The van der Waals surface area contributed by atoms with Crippen LogP contribution in [0.5, 0.6) is 5.75 Å². The van der Waals surface area contributed by atoms with Gasteiger partial charge in [0.15, 0.2) is 11.6 Å². The number of benzene rings is 1. The predicted octanol–water partition coefficient (Wildman–Crippen LogP) is 2.33. The first kappa shape index (κ1) is 14.9. The van der Waals surface area contributed by atoms with Crippen LogP contribution in [0.25, 0.3) is 0 Å². The third kappa shape index (κ3) is 5.47. The van der Waals surface area contributed by atoms with Gasteiger partial charge in [0.25, 0.3) is 0 Å². The van der Waals surface area contributed by atoms with Crippen molar-refractivity contribution in [3.63, 3.8) is 0 Å². The molecule has 1 rings (SSSR count). The maximum atomic E-state index is 13.7. The standard InChI is InChI=1S/C14H22FNO2/c1-10(2)7-16-8-12-4-5-14(13(15)6-12)18-9-11(3)17/h4-6,10-11,16-17H,7-9H2,1-3H3. The van der Waals surface area contributed by atoms with Crippen molar-refractivity contribution in [3.05, 3.63) is 29.6 Å². The Labute approximate surface area is 108 Å². The van der Waals surface area contributed by atoms with Gasteiger partial charge in [0, 0.05) is 6.54 Å². The normalized spacial score (nSPS) is 12.8. The molecule has 0 radical (unpaired) electrons. The Morgan fingerprint density at radius 1 is 1.33 bits per heavy atom. The average Bonchev–Trinajstić information content (AvgIpc) is 2.27. The number of aliphatic hydroxyl groups is 1. The summed E-state index contributed by atoms with van der Waals surface area (Å²) in [5.41, 5.74) is 0.887. The minimum Gasteiger partial charge on any atom is -0.488 e. The van der Waals surface area contributed by atoms with Crippen LogP contribution in [-0.2, 0) is 6.54 Å². The molecule has 1 atom stereocenters. The molecule has 0 saturated carbocycles. The highest BCUT2D eigenvalue weighted by atomic mass is 19.1. The summed E-state index contributed by atoms with van der Waals surface area (Å²) < 4.78 is 18.8. The number of ether oxygens (including phenoxy) is 1. The number of halogens is 1. The Morgan fingerprint density at radius 3 is 2.61 bits per heavy atom. The van der Waals surface area contributed by atoms with Gasteiger partial charge in [-0.05, 0) is 37.1 Å². The van der Waals surface area contributed by atoms with Crippen LogP contribution in [0.15, 0.2) is 18.2 Å². The topological polar surface area (TPSA) is 41.5 Å². The minimum absolute atomic E-state index is 0.0991. The van der Waals surface area contributed by atoms with Crippen molar-refractivity contribution in [2.75, 3.05) is 13.2 Å². The lowest BCUT2D eigenvalue weighted by Gasteiger charge is -2.11. The highest BCUT2D eigenvalue weighted by Crippen LogP contribution is 2.18. The Hall–Kier alpha value is -1.13. The lowest BCUT2D eigenvalue weighted by molar-refractivity contribution is 0.120. The summed E-state index contributed by atoms with van der Waals surface area (Å²) in [6.07, 6.45) is -0.600. The van der Waals surface area contributed by atoms with Gasteiger partial charge in [-0.2, -0.15) is 0 Å². The van der Waals surface area contributed by atoms with Crippen molar-refractivity contribution >= 4 is 0 Å². The van der Waals surface area contributed by atoms with Crippen molar-refractivity contribution in [2.45, 2.75) is 33.4 Å². The second-order valence-electron chi connectivity index (χ2n) is 4.95. The first-order valence-electron chi connectivity index (χ1n) is 6.29. The average molecular weight is 255 g/mol. The van der Waals surface area contributed by atoms with E-state index >= 15 is 0 Å². The van der Waals surface area contributed by atoms with Gasteiger partial charge in [0.2, 0.25) is 0 Å². The second-order valence-corrected chi connectivity index (χ2v) is 4.95. The van der Waals surface area contributed by atoms with E-state index in [2.05, 4.69) is 19.2 Å². The molecule has 0 bridgehead atoms. The van der Waals surface area contributed by atoms with Crippen LogP contribution in [0.4, 0.5) is 4.39 Å². The monoisotopic (exact) mass is 255 g/mol. The molecule has 0 aliphatic heterocycles. The molecule has 0 fully saturated rings. The lowest BCUT2D eigenvalue weighted by atomic mass is 10.2. The van der Waals surface area contributed by atoms with E-state index in [0.717, 1.165) is 12.1 Å². The third-order valence-corrected chi connectivity index (χ3v) is 2.36. The van der Waals surface area contributed by atoms with Crippen LogP contribution in [0.1, 0.15) is 26.3 Å². The van der Waals surface area contributed by atoms with E-state index in [1.54, 1.807) is 13.0 Å². The van der Waals surface area contributed by atoms with Gasteiger partial charge in [-0.15, -0.1) is 0 Å². The summed E-state index contributed by atoms with van der Waals surface area (Å²) in [5, 5.41) is 12.3. The Kier molecular flexibility index (Phi) is 6.09. The summed E-state index contributed by atoms with van der Waals surface area (Å²) >= 11 is 0. The maximum Gasteiger partial charge on any atom is 0.165 e. The molecule has 0 aliphatic rings. The van der Waals surface area contributed by atoms with Gasteiger partial charge in [0.05, 0.1) is 6.10 Å². The third-order valence-electron chi connectivity index (χ3n) is 2.36. The summed E-state index contributed by atoms with van der Waals surface area (Å²) in [4.78, 5) is 0. The van der Waals surface area contributed by atoms with Gasteiger partial charge >= 0.3 is 0 Å². The molecule has 1 aromatic carbocycles. The van der Waals surface area contributed by atoms with E-state index in [4.69, 9.17) is 9.84 Å². The van der Waals surface area contributed by atoms with Crippen LogP contribution in [-0.4, -0.2) is 24.4 Å². The number of hydrogen-bond acceptors (Lipinski definition) is 3. The fourth-order valence-corrected chi connectivity index (χ4v) is 1.49. The van der Waals surface area contributed by atoms with Crippen LogP contribution in [0.2, 0.25) is 0 Å². The second kappa shape index (κ2) is 7.34. The molecule has 0 aromatic heterocycles. The van der Waals surface area contributed by atoms with Crippen LogP contribution in [0, 0.1) is 11.7 Å². The molecule has 0 saturated heterocycles. The molecule has 1 aromatic rings. The van der Waals surface area contributed by atoms with E-state index in [0.29, 0.717) is 12.5 Å². The minimum atomic E-state index is -0.600. The zero-order chi connectivity index (χ0) is 13.5. The Bertz CT molecular complexity index is 367. The van der Waals surface area contributed by atoms with E-state index in [-0.39, 0.29) is 18.2 Å². The molecule has 0 amide bonds. The summed E-state index contributed by atoms with van der Waals surface area (Å²) in [6.45, 7) is 7.50. The maximum absolute atomic E-state index is 13.7. The molecule has 1 unspecified atom stereocenters.